The van der Waals surface area contributed by atoms with E-state index in [-0.39, 0.29) is 12.5 Å². The van der Waals surface area contributed by atoms with Gasteiger partial charge in [-0.3, -0.25) is 0 Å². The van der Waals surface area contributed by atoms with E-state index in [0.717, 1.165) is 31.0 Å². The molecule has 0 aromatic carbocycles. The Bertz CT molecular complexity index is 365. The van der Waals surface area contributed by atoms with Crippen LogP contribution >= 0.6 is 0 Å². The molecule has 1 aliphatic heterocycles. The van der Waals surface area contributed by atoms with Crippen LogP contribution in [0, 0.1) is 0 Å². The molecule has 0 aliphatic carbocycles. The van der Waals surface area contributed by atoms with Crippen LogP contribution in [0.2, 0.25) is 0 Å². The second-order valence-corrected chi connectivity index (χ2v) is 4.88. The molecule has 2 atom stereocenters. The molecule has 1 N–H and O–H groups in total. The fraction of sp³-hybridized carbons (Fsp3) is 0.692. The van der Waals surface area contributed by atoms with Crippen LogP contribution in [-0.4, -0.2) is 46.7 Å². The van der Waals surface area contributed by atoms with E-state index in [1.54, 1.807) is 0 Å². The van der Waals surface area contributed by atoms with E-state index in [1.165, 1.54) is 6.42 Å². The van der Waals surface area contributed by atoms with Crippen LogP contribution < -0.4 is 0 Å². The minimum Gasteiger partial charge on any atom is -0.396 e. The summed E-state index contributed by atoms with van der Waals surface area (Å²) in [4.78, 5) is 11.2. The molecule has 94 valence electrons. The van der Waals surface area contributed by atoms with Crippen molar-refractivity contribution in [1.82, 2.24) is 14.9 Å². The van der Waals surface area contributed by atoms with Crippen LogP contribution in [0.3, 0.4) is 0 Å². The molecule has 4 heteroatoms. The predicted octanol–water partition coefficient (Wildman–Crippen LogP) is 1.38. The summed E-state index contributed by atoms with van der Waals surface area (Å²) in [7, 11) is 2.14. The highest BCUT2D eigenvalue weighted by atomic mass is 16.3. The molecule has 1 fully saturated rings. The Kier molecular flexibility index (Phi) is 4.07. The van der Waals surface area contributed by atoms with Crippen molar-refractivity contribution in [1.29, 1.82) is 0 Å². The van der Waals surface area contributed by atoms with Crippen molar-refractivity contribution in [2.24, 2.45) is 0 Å². The Balaban J connectivity index is 2.16. The van der Waals surface area contributed by atoms with Crippen LogP contribution in [0.1, 0.15) is 43.1 Å². The van der Waals surface area contributed by atoms with E-state index in [9.17, 15) is 5.11 Å². The van der Waals surface area contributed by atoms with E-state index in [4.69, 9.17) is 0 Å². The molecule has 2 heterocycles. The van der Waals surface area contributed by atoms with E-state index in [0.29, 0.717) is 5.92 Å². The maximum Gasteiger partial charge on any atom is 0.133 e. The van der Waals surface area contributed by atoms with Crippen LogP contribution in [0.5, 0.6) is 0 Å². The van der Waals surface area contributed by atoms with Gasteiger partial charge in [0.25, 0.3) is 0 Å². The smallest absolute Gasteiger partial charge is 0.133 e. The van der Waals surface area contributed by atoms with Crippen molar-refractivity contribution in [3.8, 4) is 0 Å². The molecule has 1 aliphatic rings. The van der Waals surface area contributed by atoms with Crippen LogP contribution in [0.15, 0.2) is 12.3 Å². The summed E-state index contributed by atoms with van der Waals surface area (Å²) in [5.74, 6) is 1.40. The van der Waals surface area contributed by atoms with Crippen molar-refractivity contribution in [3.05, 3.63) is 23.8 Å². The Morgan fingerprint density at radius 1 is 1.59 bits per heavy atom. The number of aliphatic hydroxyl groups is 1. The summed E-state index contributed by atoms with van der Waals surface area (Å²) in [6, 6.07) is 2.01. The van der Waals surface area contributed by atoms with Gasteiger partial charge in [0.05, 0.1) is 6.61 Å². The lowest BCUT2D eigenvalue weighted by atomic mass is 10.0. The number of hydrogen-bond donors (Lipinski definition) is 1. The van der Waals surface area contributed by atoms with Crippen LogP contribution in [0.4, 0.5) is 0 Å². The molecule has 1 aromatic rings. The number of aromatic nitrogens is 2. The molecule has 1 saturated heterocycles. The first-order chi connectivity index (χ1) is 8.24. The average Bonchev–Trinajstić information content (AvgIpc) is 2.78. The molecular weight excluding hydrogens is 214 g/mol. The summed E-state index contributed by atoms with van der Waals surface area (Å²) < 4.78 is 0. The average molecular weight is 235 g/mol. The maximum atomic E-state index is 9.29. The molecule has 0 amide bonds. The summed E-state index contributed by atoms with van der Waals surface area (Å²) >= 11 is 0. The van der Waals surface area contributed by atoms with Crippen LogP contribution in [-0.2, 0) is 0 Å². The SMILES string of the molecule is CCC(CO)c1nccc(C2CCN(C)C2)n1. The van der Waals surface area contributed by atoms with Gasteiger partial charge in [0.1, 0.15) is 5.82 Å². The zero-order valence-corrected chi connectivity index (χ0v) is 10.6. The molecular formula is C13H21N3O. The van der Waals surface area contributed by atoms with Crippen molar-refractivity contribution in [2.45, 2.75) is 31.6 Å². The molecule has 0 bridgehead atoms. The van der Waals surface area contributed by atoms with E-state index < -0.39 is 0 Å². The van der Waals surface area contributed by atoms with E-state index in [1.807, 2.05) is 12.3 Å². The van der Waals surface area contributed by atoms with E-state index >= 15 is 0 Å². The number of likely N-dealkylation sites (tertiary alicyclic amines) is 1. The van der Waals surface area contributed by atoms with E-state index in [2.05, 4.69) is 28.8 Å². The van der Waals surface area contributed by atoms with Crippen molar-refractivity contribution < 1.29 is 5.11 Å². The van der Waals surface area contributed by atoms with Gasteiger partial charge in [-0.2, -0.15) is 0 Å². The highest BCUT2D eigenvalue weighted by Gasteiger charge is 2.23. The summed E-state index contributed by atoms with van der Waals surface area (Å²) in [5, 5.41) is 9.29. The quantitative estimate of drug-likeness (QED) is 0.856. The molecule has 4 nitrogen and oxygen atoms in total. The summed E-state index contributed by atoms with van der Waals surface area (Å²) in [6.07, 6.45) is 3.88. The lowest BCUT2D eigenvalue weighted by Crippen LogP contribution is -2.15. The van der Waals surface area contributed by atoms with Gasteiger partial charge in [0, 0.05) is 30.3 Å². The predicted molar refractivity (Wildman–Crippen MR) is 67.0 cm³/mol. The maximum absolute atomic E-state index is 9.29. The fourth-order valence-electron chi connectivity index (χ4n) is 2.38. The molecule has 0 saturated carbocycles. The van der Waals surface area contributed by atoms with Crippen molar-refractivity contribution in [2.75, 3.05) is 26.7 Å². The number of likely N-dealkylation sites (N-methyl/N-ethyl adjacent to an activating group) is 1. The Hall–Kier alpha value is -1.00. The summed E-state index contributed by atoms with van der Waals surface area (Å²) in [5.41, 5.74) is 1.13. The monoisotopic (exact) mass is 235 g/mol. The standard InChI is InChI=1S/C13H21N3O/c1-3-10(9-17)13-14-6-4-12(15-13)11-5-7-16(2)8-11/h4,6,10-11,17H,3,5,7-9H2,1-2H3. The largest absolute Gasteiger partial charge is 0.396 e. The molecule has 0 radical (unpaired) electrons. The Morgan fingerprint density at radius 2 is 2.41 bits per heavy atom. The molecule has 1 aromatic heterocycles. The Labute approximate surface area is 103 Å². The van der Waals surface area contributed by atoms with Gasteiger partial charge in [0.15, 0.2) is 0 Å². The zero-order valence-electron chi connectivity index (χ0n) is 10.6. The third-order valence-electron chi connectivity index (χ3n) is 3.58. The highest BCUT2D eigenvalue weighted by molar-refractivity contribution is 5.12. The van der Waals surface area contributed by atoms with Gasteiger partial charge in [0.2, 0.25) is 0 Å². The minimum absolute atomic E-state index is 0.0779. The topological polar surface area (TPSA) is 49.3 Å². The zero-order chi connectivity index (χ0) is 12.3. The first kappa shape index (κ1) is 12.5. The third-order valence-corrected chi connectivity index (χ3v) is 3.58. The van der Waals surface area contributed by atoms with Gasteiger partial charge in [-0.25, -0.2) is 9.97 Å². The summed E-state index contributed by atoms with van der Waals surface area (Å²) in [6.45, 7) is 4.40. The highest BCUT2D eigenvalue weighted by Crippen LogP contribution is 2.25. The number of rotatable bonds is 4. The fourth-order valence-corrected chi connectivity index (χ4v) is 2.38. The van der Waals surface area contributed by atoms with Gasteiger partial charge < -0.3 is 10.0 Å². The van der Waals surface area contributed by atoms with Gasteiger partial charge in [-0.1, -0.05) is 6.92 Å². The lowest BCUT2D eigenvalue weighted by Gasteiger charge is -2.14. The molecule has 2 rings (SSSR count). The molecule has 17 heavy (non-hydrogen) atoms. The molecule has 0 spiro atoms. The second kappa shape index (κ2) is 5.56. The Morgan fingerprint density at radius 3 is 3.00 bits per heavy atom. The van der Waals surface area contributed by atoms with Crippen LogP contribution in [0.25, 0.3) is 0 Å². The van der Waals surface area contributed by atoms with Gasteiger partial charge in [-0.05, 0) is 32.5 Å². The van der Waals surface area contributed by atoms with Gasteiger partial charge in [-0.15, -0.1) is 0 Å². The normalized spacial score (nSPS) is 22.9. The number of nitrogens with zero attached hydrogens (tertiary/aromatic N) is 3. The first-order valence-electron chi connectivity index (χ1n) is 6.36. The number of aliphatic hydroxyl groups excluding tert-OH is 1. The third kappa shape index (κ3) is 2.82. The number of hydrogen-bond acceptors (Lipinski definition) is 4. The minimum atomic E-state index is 0.0779. The second-order valence-electron chi connectivity index (χ2n) is 4.88. The molecule has 2 unspecified atom stereocenters. The van der Waals surface area contributed by atoms with Crippen molar-refractivity contribution >= 4 is 0 Å². The van der Waals surface area contributed by atoms with Crippen molar-refractivity contribution in [3.63, 3.8) is 0 Å². The lowest BCUT2D eigenvalue weighted by molar-refractivity contribution is 0.257. The van der Waals surface area contributed by atoms with Gasteiger partial charge >= 0.3 is 0 Å². The first-order valence-corrected chi connectivity index (χ1v) is 6.36.